The Balaban J connectivity index is 2.59. The van der Waals surface area contributed by atoms with E-state index in [2.05, 4.69) is 20.9 Å². The van der Waals surface area contributed by atoms with Crippen LogP contribution >= 0.6 is 15.9 Å². The average molecular weight is 269 g/mol. The number of halogens is 3. The molecule has 0 fully saturated rings. The molecule has 1 aromatic heterocycles. The summed E-state index contributed by atoms with van der Waals surface area (Å²) in [6, 6.07) is 7.79. The van der Waals surface area contributed by atoms with Gasteiger partial charge in [-0.2, -0.15) is 0 Å². The molecule has 0 N–H and O–H groups in total. The molecule has 0 aliphatic rings. The van der Waals surface area contributed by atoms with Crippen molar-refractivity contribution in [2.75, 3.05) is 0 Å². The summed E-state index contributed by atoms with van der Waals surface area (Å²) < 4.78 is 26.5. The highest BCUT2D eigenvalue weighted by molar-refractivity contribution is 9.10. The van der Waals surface area contributed by atoms with Crippen LogP contribution in [0.3, 0.4) is 0 Å². The summed E-state index contributed by atoms with van der Waals surface area (Å²) in [4.78, 5) is 4.04. The monoisotopic (exact) mass is 268 g/mol. The summed E-state index contributed by atoms with van der Waals surface area (Å²) in [7, 11) is 0. The lowest BCUT2D eigenvalue weighted by atomic mass is 10.1. The molecule has 4 heteroatoms. The summed E-state index contributed by atoms with van der Waals surface area (Å²) in [5.41, 5.74) is 0.889. The summed E-state index contributed by atoms with van der Waals surface area (Å²) >= 11 is 3.26. The lowest BCUT2D eigenvalue weighted by Crippen LogP contribution is -1.88. The first-order valence-electron chi connectivity index (χ1n) is 4.16. The van der Waals surface area contributed by atoms with E-state index in [9.17, 15) is 8.78 Å². The minimum absolute atomic E-state index is 0.385. The number of aromatic nitrogens is 1. The van der Waals surface area contributed by atoms with Crippen LogP contribution in [0.2, 0.25) is 0 Å². The zero-order chi connectivity index (χ0) is 10.8. The van der Waals surface area contributed by atoms with Crippen molar-refractivity contribution in [3.63, 3.8) is 0 Å². The van der Waals surface area contributed by atoms with Crippen LogP contribution in [0.1, 0.15) is 0 Å². The van der Waals surface area contributed by atoms with Crippen LogP contribution < -0.4 is 0 Å². The Morgan fingerprint density at radius 3 is 2.47 bits per heavy atom. The fourth-order valence-corrected chi connectivity index (χ4v) is 1.72. The van der Waals surface area contributed by atoms with Crippen LogP contribution in [0.4, 0.5) is 8.78 Å². The minimum atomic E-state index is -0.734. The van der Waals surface area contributed by atoms with Crippen LogP contribution in [0.15, 0.2) is 34.9 Å². The van der Waals surface area contributed by atoms with Gasteiger partial charge in [0.1, 0.15) is 11.6 Å². The SMILES string of the molecule is Fc1[c]c(F)cc(-c2ncccc2Br)c1. The van der Waals surface area contributed by atoms with Gasteiger partial charge in [0, 0.05) is 16.2 Å². The molecule has 2 aromatic rings. The molecule has 0 aliphatic heterocycles. The van der Waals surface area contributed by atoms with Gasteiger partial charge in [-0.25, -0.2) is 8.78 Å². The van der Waals surface area contributed by atoms with Crippen LogP contribution in [-0.4, -0.2) is 4.98 Å². The fraction of sp³-hybridized carbons (Fsp3) is 0. The molecule has 0 amide bonds. The first kappa shape index (κ1) is 10.2. The molecule has 0 atom stereocenters. The molecule has 0 bridgehead atoms. The van der Waals surface area contributed by atoms with Crippen molar-refractivity contribution in [3.8, 4) is 11.3 Å². The largest absolute Gasteiger partial charge is 0.255 e. The van der Waals surface area contributed by atoms with Crippen molar-refractivity contribution < 1.29 is 8.78 Å². The number of nitrogens with zero attached hydrogens (tertiary/aromatic N) is 1. The standard InChI is InChI=1S/C11H5BrF2N/c12-10-2-1-3-15-11(10)7-4-8(13)6-9(14)5-7/h1-5H. The van der Waals surface area contributed by atoms with Gasteiger partial charge in [0.15, 0.2) is 0 Å². The molecule has 1 radical (unpaired) electrons. The maximum Gasteiger partial charge on any atom is 0.134 e. The molecule has 0 unspecified atom stereocenters. The summed E-state index contributed by atoms with van der Waals surface area (Å²) in [6.45, 7) is 0. The van der Waals surface area contributed by atoms with E-state index < -0.39 is 11.6 Å². The Labute approximate surface area is 93.9 Å². The molecule has 1 nitrogen and oxygen atoms in total. The van der Waals surface area contributed by atoms with Crippen molar-refractivity contribution in [1.82, 2.24) is 4.98 Å². The van der Waals surface area contributed by atoms with Gasteiger partial charge in [0.2, 0.25) is 0 Å². The van der Waals surface area contributed by atoms with Gasteiger partial charge in [0.25, 0.3) is 0 Å². The predicted octanol–water partition coefficient (Wildman–Crippen LogP) is 3.59. The average Bonchev–Trinajstić information content (AvgIpc) is 2.16. The van der Waals surface area contributed by atoms with Crippen molar-refractivity contribution in [2.24, 2.45) is 0 Å². The quantitative estimate of drug-likeness (QED) is 0.770. The molecule has 15 heavy (non-hydrogen) atoms. The Morgan fingerprint density at radius 2 is 1.87 bits per heavy atom. The number of rotatable bonds is 1. The van der Waals surface area contributed by atoms with E-state index >= 15 is 0 Å². The van der Waals surface area contributed by atoms with Crippen LogP contribution in [0, 0.1) is 17.7 Å². The van der Waals surface area contributed by atoms with Crippen molar-refractivity contribution in [3.05, 3.63) is 52.6 Å². The van der Waals surface area contributed by atoms with Gasteiger partial charge in [-0.15, -0.1) is 0 Å². The highest BCUT2D eigenvalue weighted by Gasteiger charge is 2.07. The second-order valence-electron chi connectivity index (χ2n) is 2.90. The fourth-order valence-electron chi connectivity index (χ4n) is 1.24. The third-order valence-corrected chi connectivity index (χ3v) is 2.48. The normalized spacial score (nSPS) is 10.3. The van der Waals surface area contributed by atoms with Crippen molar-refractivity contribution in [1.29, 1.82) is 0 Å². The summed E-state index contributed by atoms with van der Waals surface area (Å²) in [6.07, 6.45) is 1.56. The highest BCUT2D eigenvalue weighted by Crippen LogP contribution is 2.26. The van der Waals surface area contributed by atoms with Gasteiger partial charge in [-0.1, -0.05) is 0 Å². The van der Waals surface area contributed by atoms with E-state index in [1.165, 1.54) is 12.1 Å². The molecule has 0 spiro atoms. The minimum Gasteiger partial charge on any atom is -0.255 e. The Morgan fingerprint density at radius 1 is 1.20 bits per heavy atom. The Bertz CT molecular complexity index is 479. The van der Waals surface area contributed by atoms with Crippen molar-refractivity contribution in [2.45, 2.75) is 0 Å². The maximum absolute atomic E-state index is 12.9. The second-order valence-corrected chi connectivity index (χ2v) is 3.75. The van der Waals surface area contributed by atoms with Gasteiger partial charge in [0.05, 0.1) is 11.8 Å². The van der Waals surface area contributed by atoms with Gasteiger partial charge in [-0.05, 0) is 40.2 Å². The van der Waals surface area contributed by atoms with Crippen LogP contribution in [0.5, 0.6) is 0 Å². The van der Waals surface area contributed by atoms with Gasteiger partial charge < -0.3 is 0 Å². The predicted molar refractivity (Wildman–Crippen MR) is 56.1 cm³/mol. The molecule has 75 valence electrons. The number of hydrogen-bond acceptors (Lipinski definition) is 1. The molecule has 0 saturated heterocycles. The summed E-state index contributed by atoms with van der Waals surface area (Å²) in [5, 5.41) is 0. The van der Waals surface area contributed by atoms with E-state index in [1.54, 1.807) is 18.3 Å². The third-order valence-electron chi connectivity index (χ3n) is 1.84. The lowest BCUT2D eigenvalue weighted by Gasteiger charge is -2.03. The van der Waals surface area contributed by atoms with E-state index in [4.69, 9.17) is 0 Å². The number of pyridine rings is 1. The number of hydrogen-bond donors (Lipinski definition) is 0. The van der Waals surface area contributed by atoms with Crippen LogP contribution in [0.25, 0.3) is 11.3 Å². The molecule has 1 aromatic carbocycles. The first-order chi connectivity index (χ1) is 7.16. The lowest BCUT2D eigenvalue weighted by molar-refractivity contribution is 0.580. The Kier molecular flexibility index (Phi) is 2.77. The van der Waals surface area contributed by atoms with Crippen molar-refractivity contribution >= 4 is 15.9 Å². The summed E-state index contributed by atoms with van der Waals surface area (Å²) in [5.74, 6) is -1.47. The number of benzene rings is 1. The zero-order valence-electron chi connectivity index (χ0n) is 7.47. The van der Waals surface area contributed by atoms with Gasteiger partial charge in [-0.3, -0.25) is 4.98 Å². The molecule has 0 saturated carbocycles. The zero-order valence-corrected chi connectivity index (χ0v) is 9.05. The maximum atomic E-state index is 12.9. The highest BCUT2D eigenvalue weighted by atomic mass is 79.9. The molecular weight excluding hydrogens is 264 g/mol. The molecule has 1 heterocycles. The van der Waals surface area contributed by atoms with E-state index in [-0.39, 0.29) is 0 Å². The van der Waals surface area contributed by atoms with Crippen LogP contribution in [-0.2, 0) is 0 Å². The second kappa shape index (κ2) is 4.06. The van der Waals surface area contributed by atoms with Gasteiger partial charge >= 0.3 is 0 Å². The molecular formula is C11H5BrF2N. The van der Waals surface area contributed by atoms with E-state index in [1.807, 2.05) is 6.07 Å². The molecule has 0 aliphatic carbocycles. The smallest absolute Gasteiger partial charge is 0.134 e. The first-order valence-corrected chi connectivity index (χ1v) is 4.95. The van der Waals surface area contributed by atoms with E-state index in [0.29, 0.717) is 15.7 Å². The molecule has 2 rings (SSSR count). The third kappa shape index (κ3) is 2.21. The van der Waals surface area contributed by atoms with E-state index in [0.717, 1.165) is 0 Å². The Hall–Kier alpha value is -1.29. The topological polar surface area (TPSA) is 12.9 Å².